The molecule has 1 aromatic carbocycles. The molecule has 0 spiro atoms. The molecule has 1 fully saturated rings. The Morgan fingerprint density at radius 3 is 2.80 bits per heavy atom. The van der Waals surface area contributed by atoms with Crippen molar-refractivity contribution in [2.24, 2.45) is 0 Å². The molecular weight excluding hydrogens is 339 g/mol. The summed E-state index contributed by atoms with van der Waals surface area (Å²) in [5.74, 6) is 3.93. The maximum Gasteiger partial charge on any atom is 0.259 e. The van der Waals surface area contributed by atoms with Crippen LogP contribution in [0.2, 0.25) is 0 Å². The van der Waals surface area contributed by atoms with Gasteiger partial charge in [-0.1, -0.05) is 17.3 Å². The third kappa shape index (κ3) is 3.99. The van der Waals surface area contributed by atoms with E-state index >= 15 is 0 Å². The zero-order valence-corrected chi connectivity index (χ0v) is 14.3. The van der Waals surface area contributed by atoms with E-state index in [9.17, 15) is 4.39 Å². The van der Waals surface area contributed by atoms with E-state index in [4.69, 9.17) is 4.52 Å². The summed E-state index contributed by atoms with van der Waals surface area (Å²) in [6, 6.07) is 10.6. The lowest BCUT2D eigenvalue weighted by Gasteiger charge is -2.11. The van der Waals surface area contributed by atoms with E-state index in [-0.39, 0.29) is 5.82 Å². The number of nitrogens with zero attached hydrogens (tertiary/aromatic N) is 3. The number of halogens is 1. The Balaban J connectivity index is 1.43. The third-order valence-corrected chi connectivity index (χ3v) is 5.20. The van der Waals surface area contributed by atoms with Gasteiger partial charge in [-0.2, -0.15) is 16.7 Å². The lowest BCUT2D eigenvalue weighted by molar-refractivity contribution is 0.424. The van der Waals surface area contributed by atoms with E-state index in [0.717, 1.165) is 22.7 Å². The molecule has 4 rings (SSSR count). The topological polar surface area (TPSA) is 63.8 Å². The summed E-state index contributed by atoms with van der Waals surface area (Å²) in [7, 11) is 0. The summed E-state index contributed by atoms with van der Waals surface area (Å²) in [5.41, 5.74) is 1.71. The Morgan fingerprint density at radius 2 is 2.08 bits per heavy atom. The lowest BCUT2D eigenvalue weighted by Crippen LogP contribution is -2.18. The predicted octanol–water partition coefficient (Wildman–Crippen LogP) is 3.78. The highest BCUT2D eigenvalue weighted by Crippen LogP contribution is 2.22. The highest BCUT2D eigenvalue weighted by atomic mass is 32.2. The van der Waals surface area contributed by atoms with E-state index in [1.54, 1.807) is 18.3 Å². The number of thioether (sulfide) groups is 1. The van der Waals surface area contributed by atoms with Crippen LogP contribution in [0.1, 0.15) is 17.8 Å². The van der Waals surface area contributed by atoms with E-state index in [2.05, 4.69) is 20.4 Å². The van der Waals surface area contributed by atoms with Gasteiger partial charge in [0.15, 0.2) is 5.82 Å². The number of aromatic nitrogens is 3. The van der Waals surface area contributed by atoms with Crippen molar-refractivity contribution >= 4 is 17.6 Å². The smallest absolute Gasteiger partial charge is 0.259 e. The minimum absolute atomic E-state index is 0.256. The molecule has 5 nitrogen and oxygen atoms in total. The van der Waals surface area contributed by atoms with Crippen LogP contribution in [0, 0.1) is 5.82 Å². The zero-order valence-electron chi connectivity index (χ0n) is 13.5. The van der Waals surface area contributed by atoms with Crippen LogP contribution in [0.15, 0.2) is 47.1 Å². The van der Waals surface area contributed by atoms with Gasteiger partial charge in [0, 0.05) is 24.4 Å². The highest BCUT2D eigenvalue weighted by molar-refractivity contribution is 7.99. The van der Waals surface area contributed by atoms with Gasteiger partial charge >= 0.3 is 0 Å². The maximum atomic E-state index is 12.9. The summed E-state index contributed by atoms with van der Waals surface area (Å²) in [4.78, 5) is 8.83. The first kappa shape index (κ1) is 16.1. The molecule has 0 saturated carbocycles. The van der Waals surface area contributed by atoms with Crippen molar-refractivity contribution < 1.29 is 8.91 Å². The number of hydrogen-bond donors (Lipinski definition) is 1. The van der Waals surface area contributed by atoms with Crippen LogP contribution in [0.5, 0.6) is 0 Å². The largest absolute Gasteiger partial charge is 0.366 e. The normalized spacial score (nSPS) is 16.9. The number of nitrogens with one attached hydrogen (secondary N) is 1. The summed E-state index contributed by atoms with van der Waals surface area (Å²) < 4.78 is 18.3. The Hall–Kier alpha value is -2.41. The molecule has 3 heterocycles. The molecule has 1 unspecified atom stereocenters. The molecular formula is C18H17FN4OS. The fourth-order valence-electron chi connectivity index (χ4n) is 2.69. The summed E-state index contributed by atoms with van der Waals surface area (Å²) in [5, 5.41) is 7.42. The fourth-order valence-corrected chi connectivity index (χ4v) is 3.84. The summed E-state index contributed by atoms with van der Waals surface area (Å²) in [6.45, 7) is 0. The SMILES string of the molecule is Fc1ccc(Cc2noc(-c3ccc(NC4CCSC4)nc3)n2)cc1. The minimum atomic E-state index is -0.256. The second kappa shape index (κ2) is 7.23. The van der Waals surface area contributed by atoms with Crippen LogP contribution in [-0.2, 0) is 6.42 Å². The van der Waals surface area contributed by atoms with Gasteiger partial charge in [-0.15, -0.1) is 0 Å². The fraction of sp³-hybridized carbons (Fsp3) is 0.278. The summed E-state index contributed by atoms with van der Waals surface area (Å²) in [6.07, 6.45) is 3.40. The molecule has 1 saturated heterocycles. The number of benzene rings is 1. The van der Waals surface area contributed by atoms with Gasteiger partial charge in [0.05, 0.1) is 5.56 Å². The van der Waals surface area contributed by atoms with Crippen molar-refractivity contribution in [2.45, 2.75) is 18.9 Å². The van der Waals surface area contributed by atoms with Gasteiger partial charge in [-0.05, 0) is 42.0 Å². The van der Waals surface area contributed by atoms with E-state index in [0.29, 0.717) is 24.2 Å². The Morgan fingerprint density at radius 1 is 1.20 bits per heavy atom. The van der Waals surface area contributed by atoms with Crippen molar-refractivity contribution in [3.8, 4) is 11.5 Å². The van der Waals surface area contributed by atoms with Gasteiger partial charge in [0.1, 0.15) is 11.6 Å². The van der Waals surface area contributed by atoms with Crippen LogP contribution >= 0.6 is 11.8 Å². The van der Waals surface area contributed by atoms with Crippen molar-refractivity contribution in [2.75, 3.05) is 16.8 Å². The molecule has 1 aliphatic heterocycles. The van der Waals surface area contributed by atoms with Gasteiger partial charge in [0.2, 0.25) is 0 Å². The number of pyridine rings is 1. The monoisotopic (exact) mass is 356 g/mol. The second-order valence-electron chi connectivity index (χ2n) is 5.96. The molecule has 1 N–H and O–H groups in total. The van der Waals surface area contributed by atoms with Crippen molar-refractivity contribution in [3.63, 3.8) is 0 Å². The molecule has 0 radical (unpaired) electrons. The Bertz CT molecular complexity index is 829. The first-order chi connectivity index (χ1) is 12.3. The molecule has 3 aromatic rings. The molecule has 0 aliphatic carbocycles. The van der Waals surface area contributed by atoms with Gasteiger partial charge in [0.25, 0.3) is 5.89 Å². The lowest BCUT2D eigenvalue weighted by atomic mass is 10.1. The molecule has 25 heavy (non-hydrogen) atoms. The van der Waals surface area contributed by atoms with Crippen molar-refractivity contribution in [3.05, 3.63) is 59.8 Å². The van der Waals surface area contributed by atoms with Crippen LogP contribution in [-0.4, -0.2) is 32.7 Å². The Kier molecular flexibility index (Phi) is 4.65. The molecule has 1 aliphatic rings. The molecule has 0 amide bonds. The number of rotatable bonds is 5. The van der Waals surface area contributed by atoms with Gasteiger partial charge < -0.3 is 9.84 Å². The van der Waals surface area contributed by atoms with Gasteiger partial charge in [-0.25, -0.2) is 9.37 Å². The second-order valence-corrected chi connectivity index (χ2v) is 7.11. The molecule has 0 bridgehead atoms. The van der Waals surface area contributed by atoms with Crippen LogP contribution in [0.25, 0.3) is 11.5 Å². The third-order valence-electron chi connectivity index (χ3n) is 4.04. The van der Waals surface area contributed by atoms with E-state index in [1.807, 2.05) is 23.9 Å². The van der Waals surface area contributed by atoms with Crippen molar-refractivity contribution in [1.29, 1.82) is 0 Å². The molecule has 128 valence electrons. The standard InChI is InChI=1S/C18H17FN4OS/c19-14-4-1-12(2-5-14)9-17-22-18(24-23-17)13-3-6-16(20-10-13)21-15-7-8-25-11-15/h1-6,10,15H,7-9,11H2,(H,20,21). The van der Waals surface area contributed by atoms with E-state index in [1.165, 1.54) is 24.3 Å². The predicted molar refractivity (Wildman–Crippen MR) is 96.1 cm³/mol. The molecule has 7 heteroatoms. The molecule has 2 aromatic heterocycles. The Labute approximate surface area is 149 Å². The van der Waals surface area contributed by atoms with Crippen LogP contribution in [0.3, 0.4) is 0 Å². The summed E-state index contributed by atoms with van der Waals surface area (Å²) >= 11 is 1.96. The average Bonchev–Trinajstić information content (AvgIpc) is 3.30. The first-order valence-electron chi connectivity index (χ1n) is 8.14. The average molecular weight is 356 g/mol. The number of hydrogen-bond acceptors (Lipinski definition) is 6. The minimum Gasteiger partial charge on any atom is -0.366 e. The van der Waals surface area contributed by atoms with Gasteiger partial charge in [-0.3, -0.25) is 0 Å². The van der Waals surface area contributed by atoms with Crippen LogP contribution < -0.4 is 5.32 Å². The number of anilines is 1. The quantitative estimate of drug-likeness (QED) is 0.751. The highest BCUT2D eigenvalue weighted by Gasteiger charge is 2.16. The maximum absolute atomic E-state index is 12.9. The first-order valence-corrected chi connectivity index (χ1v) is 9.29. The van der Waals surface area contributed by atoms with Crippen LogP contribution in [0.4, 0.5) is 10.2 Å². The zero-order chi connectivity index (χ0) is 17.1. The molecule has 1 atom stereocenters. The van der Waals surface area contributed by atoms with Crippen molar-refractivity contribution in [1.82, 2.24) is 15.1 Å². The van der Waals surface area contributed by atoms with E-state index < -0.39 is 0 Å².